The van der Waals surface area contributed by atoms with Crippen LogP contribution in [0, 0.1) is 0 Å². The lowest BCUT2D eigenvalue weighted by Gasteiger charge is -2.32. The molecule has 9 nitrogen and oxygen atoms in total. The molecule has 24 heavy (non-hydrogen) atoms. The van der Waals surface area contributed by atoms with E-state index < -0.39 is 0 Å². The lowest BCUT2D eigenvalue weighted by molar-refractivity contribution is -0.117. The molecule has 10 heteroatoms. The average molecular weight is 349 g/mol. The molecule has 3 heterocycles. The Bertz CT molecular complexity index is 700. The van der Waals surface area contributed by atoms with Crippen molar-refractivity contribution in [3.8, 4) is 0 Å². The van der Waals surface area contributed by atoms with Crippen LogP contribution in [0.3, 0.4) is 0 Å². The van der Waals surface area contributed by atoms with Gasteiger partial charge in [-0.2, -0.15) is 5.10 Å². The maximum atomic E-state index is 12.1. The normalized spacial score (nSPS) is 18.3. The number of anilines is 1. The number of hydrogen-bond acceptors (Lipinski definition) is 7. The lowest BCUT2D eigenvalue weighted by atomic mass is 10.1. The van der Waals surface area contributed by atoms with E-state index in [1.807, 2.05) is 10.9 Å². The van der Waals surface area contributed by atoms with Crippen molar-refractivity contribution < 1.29 is 9.59 Å². The third-order valence-corrected chi connectivity index (χ3v) is 4.50. The second kappa shape index (κ2) is 7.49. The van der Waals surface area contributed by atoms with Gasteiger partial charge in [0.15, 0.2) is 0 Å². The van der Waals surface area contributed by atoms with Crippen molar-refractivity contribution in [1.29, 1.82) is 0 Å². The standard InChI is InChI=1S/C14H19N7O2S/c1-15-13(23)11-4-6-21(19-11)10-3-2-5-20(7-10)8-12(22)17-14-18-16-9-24-14/h4,6,9-10H,2-3,5,7-8H2,1H3,(H,15,23)(H,17,18,22)/t10-/m1/s1. The van der Waals surface area contributed by atoms with Crippen LogP contribution in [0.15, 0.2) is 17.8 Å². The molecule has 3 rings (SSSR count). The molecule has 1 saturated heterocycles. The number of rotatable bonds is 5. The SMILES string of the molecule is CNC(=O)c1ccn([C@@H]2CCCN(CC(=O)Nc3nncs3)C2)n1. The first-order valence-corrected chi connectivity index (χ1v) is 8.59. The van der Waals surface area contributed by atoms with Crippen molar-refractivity contribution >= 4 is 28.3 Å². The second-order valence-corrected chi connectivity index (χ2v) is 6.42. The fourth-order valence-electron chi connectivity index (χ4n) is 2.77. The summed E-state index contributed by atoms with van der Waals surface area (Å²) in [5.74, 6) is -0.295. The molecule has 1 aliphatic heterocycles. The zero-order chi connectivity index (χ0) is 16.9. The number of piperidine rings is 1. The fraction of sp³-hybridized carbons (Fsp3) is 0.500. The summed E-state index contributed by atoms with van der Waals surface area (Å²) in [4.78, 5) is 25.8. The molecule has 2 N–H and O–H groups in total. The molecule has 0 radical (unpaired) electrons. The van der Waals surface area contributed by atoms with E-state index >= 15 is 0 Å². The van der Waals surface area contributed by atoms with Gasteiger partial charge in [-0.25, -0.2) is 0 Å². The van der Waals surface area contributed by atoms with E-state index in [-0.39, 0.29) is 17.9 Å². The quantitative estimate of drug-likeness (QED) is 0.808. The van der Waals surface area contributed by atoms with Gasteiger partial charge in [-0.1, -0.05) is 11.3 Å². The van der Waals surface area contributed by atoms with Gasteiger partial charge in [-0.15, -0.1) is 10.2 Å². The van der Waals surface area contributed by atoms with E-state index in [2.05, 4.69) is 30.8 Å². The van der Waals surface area contributed by atoms with Gasteiger partial charge in [0.05, 0.1) is 12.6 Å². The number of nitrogens with zero attached hydrogens (tertiary/aromatic N) is 5. The first-order chi connectivity index (χ1) is 11.7. The summed E-state index contributed by atoms with van der Waals surface area (Å²) in [5, 5.41) is 17.7. The fourth-order valence-corrected chi connectivity index (χ4v) is 3.23. The highest BCUT2D eigenvalue weighted by atomic mass is 32.1. The first kappa shape index (κ1) is 16.5. The van der Waals surface area contributed by atoms with Gasteiger partial charge in [-0.05, 0) is 25.5 Å². The van der Waals surface area contributed by atoms with Crippen molar-refractivity contribution in [3.63, 3.8) is 0 Å². The zero-order valence-electron chi connectivity index (χ0n) is 13.3. The molecule has 1 aliphatic rings. The third-order valence-electron chi connectivity index (χ3n) is 3.90. The predicted molar refractivity (Wildman–Crippen MR) is 88.9 cm³/mol. The molecule has 1 fully saturated rings. The van der Waals surface area contributed by atoms with Crippen LogP contribution >= 0.6 is 11.3 Å². The zero-order valence-corrected chi connectivity index (χ0v) is 14.1. The second-order valence-electron chi connectivity index (χ2n) is 5.58. The van der Waals surface area contributed by atoms with Crippen LogP contribution in [0.2, 0.25) is 0 Å². The van der Waals surface area contributed by atoms with E-state index in [1.165, 1.54) is 11.3 Å². The summed E-state index contributed by atoms with van der Waals surface area (Å²) in [6.45, 7) is 1.89. The summed E-state index contributed by atoms with van der Waals surface area (Å²) in [6.07, 6.45) is 3.77. The summed E-state index contributed by atoms with van der Waals surface area (Å²) in [6, 6.07) is 1.87. The molecule has 128 valence electrons. The molecule has 0 saturated carbocycles. The van der Waals surface area contributed by atoms with Crippen molar-refractivity contribution in [2.24, 2.45) is 0 Å². The van der Waals surface area contributed by atoms with Gasteiger partial charge < -0.3 is 5.32 Å². The Hall–Kier alpha value is -2.33. The molecule has 2 aromatic heterocycles. The van der Waals surface area contributed by atoms with Crippen LogP contribution in [-0.4, -0.2) is 63.4 Å². The number of nitrogens with one attached hydrogen (secondary N) is 2. The van der Waals surface area contributed by atoms with E-state index in [0.717, 1.165) is 25.9 Å². The number of likely N-dealkylation sites (tertiary alicyclic amines) is 1. The number of carbonyl (C=O) groups excluding carboxylic acids is 2. The molecular formula is C14H19N7O2S. The summed E-state index contributed by atoms with van der Waals surface area (Å²) >= 11 is 1.29. The van der Waals surface area contributed by atoms with Crippen molar-refractivity contribution in [1.82, 2.24) is 30.2 Å². The van der Waals surface area contributed by atoms with Crippen molar-refractivity contribution in [2.45, 2.75) is 18.9 Å². The molecule has 0 aliphatic carbocycles. The van der Waals surface area contributed by atoms with Crippen LogP contribution in [0.1, 0.15) is 29.4 Å². The molecule has 2 aromatic rings. The van der Waals surface area contributed by atoms with E-state index in [4.69, 9.17) is 0 Å². The minimum Gasteiger partial charge on any atom is -0.354 e. The number of carbonyl (C=O) groups is 2. The summed E-state index contributed by atoms with van der Waals surface area (Å²) in [5.41, 5.74) is 1.98. The van der Waals surface area contributed by atoms with Gasteiger partial charge in [0.25, 0.3) is 5.91 Å². The molecular weight excluding hydrogens is 330 g/mol. The Morgan fingerprint density at radius 1 is 1.46 bits per heavy atom. The maximum absolute atomic E-state index is 12.1. The van der Waals surface area contributed by atoms with Gasteiger partial charge in [0, 0.05) is 19.8 Å². The summed E-state index contributed by atoms with van der Waals surface area (Å²) < 4.78 is 1.82. The Morgan fingerprint density at radius 3 is 3.08 bits per heavy atom. The molecule has 1 atom stereocenters. The highest BCUT2D eigenvalue weighted by molar-refractivity contribution is 7.13. The molecule has 2 amide bonds. The topological polar surface area (TPSA) is 105 Å². The highest BCUT2D eigenvalue weighted by Crippen LogP contribution is 2.21. The Balaban J connectivity index is 1.57. The maximum Gasteiger partial charge on any atom is 0.271 e. The Labute approximate surface area is 143 Å². The van der Waals surface area contributed by atoms with Crippen LogP contribution in [-0.2, 0) is 4.79 Å². The van der Waals surface area contributed by atoms with Gasteiger partial charge in [0.1, 0.15) is 11.2 Å². The van der Waals surface area contributed by atoms with E-state index in [9.17, 15) is 9.59 Å². The smallest absolute Gasteiger partial charge is 0.271 e. The minimum atomic E-state index is -0.196. The number of aromatic nitrogens is 4. The van der Waals surface area contributed by atoms with Gasteiger partial charge >= 0.3 is 0 Å². The molecule has 0 aromatic carbocycles. The van der Waals surface area contributed by atoms with Crippen LogP contribution < -0.4 is 10.6 Å². The summed E-state index contributed by atoms with van der Waals surface area (Å²) in [7, 11) is 1.58. The minimum absolute atomic E-state index is 0.0982. The Morgan fingerprint density at radius 2 is 2.33 bits per heavy atom. The molecule has 0 bridgehead atoms. The van der Waals surface area contributed by atoms with E-state index in [1.54, 1.807) is 18.6 Å². The lowest BCUT2D eigenvalue weighted by Crippen LogP contribution is -2.41. The largest absolute Gasteiger partial charge is 0.354 e. The average Bonchev–Trinajstić information content (AvgIpc) is 3.26. The monoisotopic (exact) mass is 349 g/mol. The van der Waals surface area contributed by atoms with Gasteiger partial charge in [0.2, 0.25) is 11.0 Å². The van der Waals surface area contributed by atoms with Crippen molar-refractivity contribution in [3.05, 3.63) is 23.5 Å². The third kappa shape index (κ3) is 3.95. The van der Waals surface area contributed by atoms with E-state index in [0.29, 0.717) is 17.4 Å². The van der Waals surface area contributed by atoms with Crippen molar-refractivity contribution in [2.75, 3.05) is 32.0 Å². The highest BCUT2D eigenvalue weighted by Gasteiger charge is 2.24. The Kier molecular flexibility index (Phi) is 5.16. The molecule has 0 spiro atoms. The predicted octanol–water partition coefficient (Wildman–Crippen LogP) is 0.370. The van der Waals surface area contributed by atoms with Crippen LogP contribution in [0.4, 0.5) is 5.13 Å². The van der Waals surface area contributed by atoms with Crippen LogP contribution in [0.5, 0.6) is 0 Å². The number of hydrogen-bond donors (Lipinski definition) is 2. The van der Waals surface area contributed by atoms with Gasteiger partial charge in [-0.3, -0.25) is 24.5 Å². The molecule has 0 unspecified atom stereocenters. The van der Waals surface area contributed by atoms with Crippen LogP contribution in [0.25, 0.3) is 0 Å². The first-order valence-electron chi connectivity index (χ1n) is 7.71. The number of amides is 2.